The second-order valence-corrected chi connectivity index (χ2v) is 6.42. The summed E-state index contributed by atoms with van der Waals surface area (Å²) < 4.78 is 1.81. The topological polar surface area (TPSA) is 51.1 Å². The van der Waals surface area contributed by atoms with Gasteiger partial charge >= 0.3 is 0 Å². The van der Waals surface area contributed by atoms with Gasteiger partial charge in [-0.15, -0.1) is 0 Å². The average Bonchev–Trinajstić information content (AvgIpc) is 2.59. The molecule has 25 heavy (non-hydrogen) atoms. The lowest BCUT2D eigenvalue weighted by Gasteiger charge is -2.17. The van der Waals surface area contributed by atoms with Gasteiger partial charge in [-0.1, -0.05) is 36.4 Å². The highest BCUT2D eigenvalue weighted by molar-refractivity contribution is 5.82. The van der Waals surface area contributed by atoms with Gasteiger partial charge < -0.3 is 9.88 Å². The van der Waals surface area contributed by atoms with Crippen molar-refractivity contribution in [1.29, 1.82) is 0 Å². The van der Waals surface area contributed by atoms with Crippen LogP contribution in [-0.2, 0) is 17.8 Å². The summed E-state index contributed by atoms with van der Waals surface area (Å²) in [4.78, 5) is 24.3. The van der Waals surface area contributed by atoms with E-state index < -0.39 is 0 Å². The smallest absolute Gasteiger partial charge is 0.240 e. The highest BCUT2D eigenvalue weighted by atomic mass is 16.2. The predicted octanol–water partition coefficient (Wildman–Crippen LogP) is 3.06. The Kier molecular flexibility index (Phi) is 4.98. The number of benzene rings is 2. The highest BCUT2D eigenvalue weighted by Gasteiger charge is 2.11. The molecular formula is C21H22N2O2. The van der Waals surface area contributed by atoms with E-state index in [2.05, 4.69) is 24.4 Å². The minimum absolute atomic E-state index is 0.0276. The molecule has 0 spiro atoms. The molecule has 4 nitrogen and oxygen atoms in total. The number of fused-ring (bicyclic) bond motifs is 1. The van der Waals surface area contributed by atoms with Crippen LogP contribution >= 0.6 is 0 Å². The second kappa shape index (κ2) is 7.34. The summed E-state index contributed by atoms with van der Waals surface area (Å²) in [6, 6.07) is 17.1. The summed E-state index contributed by atoms with van der Waals surface area (Å²) in [6.07, 6.45) is 2.47. The van der Waals surface area contributed by atoms with Gasteiger partial charge in [0.25, 0.3) is 0 Å². The summed E-state index contributed by atoms with van der Waals surface area (Å²) in [6.45, 7) is 4.28. The average molecular weight is 334 g/mol. The summed E-state index contributed by atoms with van der Waals surface area (Å²) in [5, 5.41) is 3.68. The molecule has 3 rings (SSSR count). The van der Waals surface area contributed by atoms with E-state index >= 15 is 0 Å². The molecule has 0 aliphatic heterocycles. The van der Waals surface area contributed by atoms with Crippen molar-refractivity contribution in [3.05, 3.63) is 82.1 Å². The Morgan fingerprint density at radius 1 is 1.08 bits per heavy atom. The van der Waals surface area contributed by atoms with Gasteiger partial charge in [0.1, 0.15) is 6.54 Å². The molecule has 2 aromatic carbocycles. The van der Waals surface area contributed by atoms with Gasteiger partial charge in [0.2, 0.25) is 5.91 Å². The number of aryl methyl sites for hydroxylation is 1. The van der Waals surface area contributed by atoms with Crippen molar-refractivity contribution in [2.24, 2.45) is 0 Å². The zero-order valence-electron chi connectivity index (χ0n) is 14.5. The van der Waals surface area contributed by atoms with Gasteiger partial charge in [0.05, 0.1) is 5.52 Å². The fourth-order valence-electron chi connectivity index (χ4n) is 3.09. The first-order valence-electron chi connectivity index (χ1n) is 8.46. The van der Waals surface area contributed by atoms with Crippen LogP contribution in [-0.4, -0.2) is 16.5 Å². The highest BCUT2D eigenvalue weighted by Crippen LogP contribution is 2.11. The maximum Gasteiger partial charge on any atom is 0.240 e. The lowest BCUT2D eigenvalue weighted by molar-refractivity contribution is -0.122. The quantitative estimate of drug-likeness (QED) is 0.780. The molecule has 1 N–H and O–H groups in total. The van der Waals surface area contributed by atoms with E-state index in [9.17, 15) is 9.59 Å². The van der Waals surface area contributed by atoms with Crippen molar-refractivity contribution >= 4 is 16.8 Å². The number of para-hydroxylation sites is 1. The molecule has 0 aliphatic carbocycles. The number of aromatic nitrogens is 1. The Balaban J connectivity index is 1.70. The molecule has 128 valence electrons. The summed E-state index contributed by atoms with van der Waals surface area (Å²) in [7, 11) is 0. The maximum absolute atomic E-state index is 12.4. The van der Waals surface area contributed by atoms with E-state index in [1.807, 2.05) is 41.8 Å². The van der Waals surface area contributed by atoms with E-state index in [-0.39, 0.29) is 23.9 Å². The van der Waals surface area contributed by atoms with Crippen LogP contribution in [0, 0.1) is 6.92 Å². The van der Waals surface area contributed by atoms with Gasteiger partial charge in [0, 0.05) is 23.7 Å². The van der Waals surface area contributed by atoms with Crippen molar-refractivity contribution in [3.8, 4) is 0 Å². The Hall–Kier alpha value is -2.88. The molecule has 1 amide bonds. The minimum atomic E-state index is -0.0603. The minimum Gasteiger partial charge on any atom is -0.352 e. The first-order chi connectivity index (χ1) is 12.0. The molecule has 1 atom stereocenters. The predicted molar refractivity (Wildman–Crippen MR) is 101 cm³/mol. The van der Waals surface area contributed by atoms with Gasteiger partial charge in [-0.2, -0.15) is 0 Å². The van der Waals surface area contributed by atoms with Crippen LogP contribution in [0.15, 0.2) is 65.6 Å². The number of carbonyl (C=O) groups is 1. The molecule has 4 heteroatoms. The number of rotatable bonds is 5. The van der Waals surface area contributed by atoms with Crippen LogP contribution in [0.5, 0.6) is 0 Å². The maximum atomic E-state index is 12.4. The van der Waals surface area contributed by atoms with Gasteiger partial charge in [0.15, 0.2) is 5.43 Å². The number of nitrogens with one attached hydrogen (secondary N) is 1. The normalized spacial score (nSPS) is 12.1. The summed E-state index contributed by atoms with van der Waals surface area (Å²) >= 11 is 0. The van der Waals surface area contributed by atoms with E-state index in [0.29, 0.717) is 5.39 Å². The summed E-state index contributed by atoms with van der Waals surface area (Å²) in [5.74, 6) is -0.0603. The standard InChI is InChI=1S/C21H22N2O2/c1-15-7-3-4-8-17(15)13-16(2)22-21(25)14-23-12-11-20(24)18-9-5-6-10-19(18)23/h3-12,16H,13-14H2,1-2H3,(H,22,25). The van der Waals surface area contributed by atoms with Crippen molar-refractivity contribution < 1.29 is 4.79 Å². The van der Waals surface area contributed by atoms with E-state index in [1.165, 1.54) is 17.2 Å². The number of nitrogens with zero attached hydrogens (tertiary/aromatic N) is 1. The van der Waals surface area contributed by atoms with Crippen LogP contribution < -0.4 is 10.7 Å². The van der Waals surface area contributed by atoms with Crippen molar-refractivity contribution in [2.45, 2.75) is 32.9 Å². The number of amides is 1. The third-order valence-electron chi connectivity index (χ3n) is 4.39. The Morgan fingerprint density at radius 3 is 2.60 bits per heavy atom. The first-order valence-corrected chi connectivity index (χ1v) is 8.46. The molecule has 3 aromatic rings. The Bertz CT molecular complexity index is 959. The fraction of sp³-hybridized carbons (Fsp3) is 0.238. The fourth-order valence-corrected chi connectivity index (χ4v) is 3.09. The summed E-state index contributed by atoms with van der Waals surface area (Å²) in [5.41, 5.74) is 3.22. The molecule has 0 aliphatic rings. The number of carbonyl (C=O) groups excluding carboxylic acids is 1. The molecule has 0 fully saturated rings. The molecule has 0 saturated heterocycles. The van der Waals surface area contributed by atoms with Crippen molar-refractivity contribution in [3.63, 3.8) is 0 Å². The van der Waals surface area contributed by atoms with E-state index in [0.717, 1.165) is 11.9 Å². The lowest BCUT2D eigenvalue weighted by atomic mass is 10.0. The van der Waals surface area contributed by atoms with Gasteiger partial charge in [-0.05, 0) is 43.5 Å². The number of hydrogen-bond acceptors (Lipinski definition) is 2. The Labute approximate surface area is 147 Å². The second-order valence-electron chi connectivity index (χ2n) is 6.42. The first kappa shape index (κ1) is 17.0. The molecule has 1 heterocycles. The Morgan fingerprint density at radius 2 is 1.80 bits per heavy atom. The van der Waals surface area contributed by atoms with E-state index in [4.69, 9.17) is 0 Å². The van der Waals surface area contributed by atoms with Crippen molar-refractivity contribution in [1.82, 2.24) is 9.88 Å². The molecule has 0 radical (unpaired) electrons. The largest absolute Gasteiger partial charge is 0.352 e. The van der Waals surface area contributed by atoms with Gasteiger partial charge in [-0.25, -0.2) is 0 Å². The number of pyridine rings is 1. The molecule has 1 aromatic heterocycles. The lowest BCUT2D eigenvalue weighted by Crippen LogP contribution is -2.36. The zero-order valence-corrected chi connectivity index (χ0v) is 14.5. The monoisotopic (exact) mass is 334 g/mol. The van der Waals surface area contributed by atoms with Crippen LogP contribution in [0.25, 0.3) is 10.9 Å². The SMILES string of the molecule is Cc1ccccc1CC(C)NC(=O)Cn1ccc(=O)c2ccccc21. The van der Waals surface area contributed by atoms with E-state index in [1.54, 1.807) is 12.3 Å². The van der Waals surface area contributed by atoms with Crippen LogP contribution in [0.2, 0.25) is 0 Å². The molecule has 0 bridgehead atoms. The van der Waals surface area contributed by atoms with Crippen LogP contribution in [0.3, 0.4) is 0 Å². The third-order valence-corrected chi connectivity index (χ3v) is 4.39. The molecular weight excluding hydrogens is 312 g/mol. The van der Waals surface area contributed by atoms with Crippen LogP contribution in [0.4, 0.5) is 0 Å². The van der Waals surface area contributed by atoms with Gasteiger partial charge in [-0.3, -0.25) is 9.59 Å². The van der Waals surface area contributed by atoms with Crippen molar-refractivity contribution in [2.75, 3.05) is 0 Å². The van der Waals surface area contributed by atoms with Crippen LogP contribution in [0.1, 0.15) is 18.1 Å². The zero-order chi connectivity index (χ0) is 17.8. The molecule has 1 unspecified atom stereocenters. The molecule has 0 saturated carbocycles. The number of hydrogen-bond donors (Lipinski definition) is 1. The third kappa shape index (κ3) is 3.97.